The normalized spacial score (nSPS) is 10.5. The molecule has 0 heterocycles. The van der Waals surface area contributed by atoms with Crippen LogP contribution in [0.1, 0.15) is 15.9 Å². The van der Waals surface area contributed by atoms with E-state index in [0.717, 1.165) is 0 Å². The van der Waals surface area contributed by atoms with E-state index in [4.69, 9.17) is 11.6 Å². The van der Waals surface area contributed by atoms with Crippen molar-refractivity contribution in [2.24, 2.45) is 5.10 Å². The molecule has 2 amide bonds. The second kappa shape index (κ2) is 8.05. The number of hydrogen-bond donors (Lipinski definition) is 2. The molecule has 7 heteroatoms. The maximum atomic E-state index is 12.7. The molecule has 2 aromatic carbocycles. The van der Waals surface area contributed by atoms with Crippen molar-refractivity contribution in [1.29, 1.82) is 0 Å². The fraction of sp³-hybridized carbons (Fsp3) is 0.0625. The van der Waals surface area contributed by atoms with E-state index in [0.29, 0.717) is 16.1 Å². The number of hydrazone groups is 1. The topological polar surface area (TPSA) is 70.6 Å². The van der Waals surface area contributed by atoms with Crippen LogP contribution in [0.2, 0.25) is 5.02 Å². The van der Waals surface area contributed by atoms with Crippen LogP contribution < -0.4 is 10.7 Å². The monoisotopic (exact) mass is 333 g/mol. The van der Waals surface area contributed by atoms with Gasteiger partial charge in [-0.3, -0.25) is 9.59 Å². The Bertz CT molecular complexity index is 715. The second-order valence-electron chi connectivity index (χ2n) is 4.53. The van der Waals surface area contributed by atoms with Crippen molar-refractivity contribution in [3.05, 3.63) is 70.5 Å². The molecule has 0 atom stereocenters. The first-order chi connectivity index (χ1) is 11.0. The van der Waals surface area contributed by atoms with Crippen molar-refractivity contribution < 1.29 is 14.0 Å². The summed E-state index contributed by atoms with van der Waals surface area (Å²) in [7, 11) is 0. The Labute approximate surface area is 137 Å². The van der Waals surface area contributed by atoms with Crippen LogP contribution in [-0.4, -0.2) is 24.6 Å². The average molecular weight is 334 g/mol. The van der Waals surface area contributed by atoms with E-state index in [1.54, 1.807) is 24.3 Å². The summed E-state index contributed by atoms with van der Waals surface area (Å²) in [6.45, 7) is -0.220. The maximum absolute atomic E-state index is 12.7. The highest BCUT2D eigenvalue weighted by molar-refractivity contribution is 6.30. The summed E-state index contributed by atoms with van der Waals surface area (Å²) < 4.78 is 12.7. The minimum atomic E-state index is -0.481. The zero-order valence-electron chi connectivity index (χ0n) is 11.9. The Morgan fingerprint density at radius 2 is 1.74 bits per heavy atom. The van der Waals surface area contributed by atoms with Crippen LogP contribution in [0, 0.1) is 5.82 Å². The molecule has 0 saturated heterocycles. The zero-order chi connectivity index (χ0) is 16.7. The third kappa shape index (κ3) is 5.52. The molecule has 0 fully saturated rings. The van der Waals surface area contributed by atoms with Gasteiger partial charge in [0.05, 0.1) is 12.8 Å². The van der Waals surface area contributed by atoms with E-state index in [1.165, 1.54) is 30.5 Å². The molecule has 2 aromatic rings. The van der Waals surface area contributed by atoms with Crippen LogP contribution in [0.5, 0.6) is 0 Å². The number of carbonyl (C=O) groups is 2. The fourth-order valence-corrected chi connectivity index (χ4v) is 1.76. The van der Waals surface area contributed by atoms with Gasteiger partial charge in [-0.25, -0.2) is 9.82 Å². The van der Waals surface area contributed by atoms with Crippen molar-refractivity contribution in [1.82, 2.24) is 10.7 Å². The van der Waals surface area contributed by atoms with Gasteiger partial charge < -0.3 is 5.32 Å². The van der Waals surface area contributed by atoms with Crippen LogP contribution in [0.15, 0.2) is 53.6 Å². The van der Waals surface area contributed by atoms with Gasteiger partial charge in [0, 0.05) is 10.6 Å². The third-order valence-electron chi connectivity index (χ3n) is 2.79. The zero-order valence-corrected chi connectivity index (χ0v) is 12.7. The standard InChI is InChI=1S/C16H13ClFN3O2/c17-13-5-3-12(4-6-13)16(23)19-10-15(22)21-20-9-11-1-7-14(18)8-2-11/h1-9H,10H2,(H,19,23)(H,21,22)/b20-9+. The number of halogens is 2. The Hall–Kier alpha value is -2.73. The van der Waals surface area contributed by atoms with E-state index in [9.17, 15) is 14.0 Å². The van der Waals surface area contributed by atoms with E-state index in [-0.39, 0.29) is 18.3 Å². The predicted octanol–water partition coefficient (Wildman–Crippen LogP) is 2.36. The summed E-state index contributed by atoms with van der Waals surface area (Å²) in [4.78, 5) is 23.3. The number of amides is 2. The first-order valence-corrected chi connectivity index (χ1v) is 7.03. The van der Waals surface area contributed by atoms with E-state index < -0.39 is 5.91 Å². The Morgan fingerprint density at radius 3 is 2.39 bits per heavy atom. The highest BCUT2D eigenvalue weighted by Crippen LogP contribution is 2.09. The van der Waals surface area contributed by atoms with Gasteiger partial charge in [-0.1, -0.05) is 23.7 Å². The Morgan fingerprint density at radius 1 is 1.09 bits per heavy atom. The van der Waals surface area contributed by atoms with Crippen molar-refractivity contribution in [2.75, 3.05) is 6.54 Å². The van der Waals surface area contributed by atoms with Crippen LogP contribution in [-0.2, 0) is 4.79 Å². The number of carbonyl (C=O) groups excluding carboxylic acids is 2. The van der Waals surface area contributed by atoms with Gasteiger partial charge in [-0.2, -0.15) is 5.10 Å². The van der Waals surface area contributed by atoms with Gasteiger partial charge in [0.2, 0.25) is 0 Å². The minimum Gasteiger partial charge on any atom is -0.343 e. The number of benzene rings is 2. The van der Waals surface area contributed by atoms with Crippen LogP contribution >= 0.6 is 11.6 Å². The van der Waals surface area contributed by atoms with E-state index in [1.807, 2.05) is 0 Å². The van der Waals surface area contributed by atoms with E-state index in [2.05, 4.69) is 15.8 Å². The number of hydrogen-bond acceptors (Lipinski definition) is 3. The summed E-state index contributed by atoms with van der Waals surface area (Å²) in [6.07, 6.45) is 1.37. The lowest BCUT2D eigenvalue weighted by molar-refractivity contribution is -0.120. The molecule has 2 N–H and O–H groups in total. The molecular weight excluding hydrogens is 321 g/mol. The maximum Gasteiger partial charge on any atom is 0.259 e. The first kappa shape index (κ1) is 16.6. The summed E-state index contributed by atoms with van der Waals surface area (Å²) in [6, 6.07) is 11.9. The van der Waals surface area contributed by atoms with Crippen LogP contribution in [0.4, 0.5) is 4.39 Å². The Balaban J connectivity index is 1.77. The predicted molar refractivity (Wildman–Crippen MR) is 85.9 cm³/mol. The van der Waals surface area contributed by atoms with Crippen molar-refractivity contribution in [3.8, 4) is 0 Å². The molecular formula is C16H13ClFN3O2. The molecule has 0 aliphatic carbocycles. The molecule has 0 saturated carbocycles. The molecule has 23 heavy (non-hydrogen) atoms. The average Bonchev–Trinajstić information content (AvgIpc) is 2.55. The molecule has 2 rings (SSSR count). The molecule has 0 bridgehead atoms. The fourth-order valence-electron chi connectivity index (χ4n) is 1.63. The second-order valence-corrected chi connectivity index (χ2v) is 4.97. The summed E-state index contributed by atoms with van der Waals surface area (Å²) in [5, 5.41) is 6.70. The highest BCUT2D eigenvalue weighted by Gasteiger charge is 2.07. The molecule has 5 nitrogen and oxygen atoms in total. The quantitative estimate of drug-likeness (QED) is 0.651. The van der Waals surface area contributed by atoms with Crippen LogP contribution in [0.25, 0.3) is 0 Å². The van der Waals surface area contributed by atoms with Gasteiger partial charge in [0.1, 0.15) is 5.82 Å². The lowest BCUT2D eigenvalue weighted by Crippen LogP contribution is -2.34. The summed E-state index contributed by atoms with van der Waals surface area (Å²) in [5.74, 6) is -1.22. The Kier molecular flexibility index (Phi) is 5.82. The first-order valence-electron chi connectivity index (χ1n) is 6.66. The molecule has 0 aliphatic heterocycles. The minimum absolute atomic E-state index is 0.220. The van der Waals surface area contributed by atoms with Gasteiger partial charge in [-0.15, -0.1) is 0 Å². The summed E-state index contributed by atoms with van der Waals surface area (Å²) in [5.41, 5.74) is 3.30. The molecule has 0 spiro atoms. The largest absolute Gasteiger partial charge is 0.343 e. The number of nitrogens with one attached hydrogen (secondary N) is 2. The van der Waals surface area contributed by atoms with Crippen molar-refractivity contribution >= 4 is 29.6 Å². The van der Waals surface area contributed by atoms with Crippen LogP contribution in [0.3, 0.4) is 0 Å². The number of rotatable bonds is 5. The SMILES string of the molecule is O=C(CNC(=O)c1ccc(Cl)cc1)N/N=C/c1ccc(F)cc1. The van der Waals surface area contributed by atoms with Gasteiger partial charge in [0.15, 0.2) is 0 Å². The molecule has 0 unspecified atom stereocenters. The lowest BCUT2D eigenvalue weighted by atomic mass is 10.2. The van der Waals surface area contributed by atoms with Gasteiger partial charge in [-0.05, 0) is 42.0 Å². The molecule has 118 valence electrons. The van der Waals surface area contributed by atoms with Crippen molar-refractivity contribution in [2.45, 2.75) is 0 Å². The van der Waals surface area contributed by atoms with E-state index >= 15 is 0 Å². The highest BCUT2D eigenvalue weighted by atomic mass is 35.5. The van der Waals surface area contributed by atoms with Gasteiger partial charge in [0.25, 0.3) is 11.8 Å². The summed E-state index contributed by atoms with van der Waals surface area (Å²) >= 11 is 5.73. The molecule has 0 aromatic heterocycles. The molecule has 0 aliphatic rings. The third-order valence-corrected chi connectivity index (χ3v) is 3.04. The van der Waals surface area contributed by atoms with Crippen molar-refractivity contribution in [3.63, 3.8) is 0 Å². The molecule has 0 radical (unpaired) electrons. The lowest BCUT2D eigenvalue weighted by Gasteiger charge is -2.04. The van der Waals surface area contributed by atoms with Gasteiger partial charge >= 0.3 is 0 Å². The smallest absolute Gasteiger partial charge is 0.259 e. The number of nitrogens with zero attached hydrogens (tertiary/aromatic N) is 1.